The van der Waals surface area contributed by atoms with E-state index in [4.69, 9.17) is 0 Å². The van der Waals surface area contributed by atoms with Crippen LogP contribution in [0.5, 0.6) is 0 Å². The topological polar surface area (TPSA) is 64.2 Å². The van der Waals surface area contributed by atoms with Crippen molar-refractivity contribution in [2.75, 3.05) is 63.4 Å². The molecule has 0 bridgehead atoms. The molecule has 0 spiro atoms. The molecule has 7 nitrogen and oxygen atoms in total. The summed E-state index contributed by atoms with van der Waals surface area (Å²) in [6, 6.07) is 6.14. The van der Waals surface area contributed by atoms with Crippen LogP contribution in [0.3, 0.4) is 0 Å². The molecule has 1 aromatic carbocycles. The third-order valence-electron chi connectivity index (χ3n) is 6.39. The quantitative estimate of drug-likeness (QED) is 0.745. The van der Waals surface area contributed by atoms with Crippen LogP contribution in [0.4, 0.5) is 5.69 Å². The lowest BCUT2D eigenvalue weighted by atomic mass is 10.0. The maximum Gasteiger partial charge on any atom is 0.254 e. The Morgan fingerprint density at radius 2 is 1.68 bits per heavy atom. The highest BCUT2D eigenvalue weighted by molar-refractivity contribution is 7.92. The molecule has 0 atom stereocenters. The average Bonchev–Trinajstić information content (AvgIpc) is 3.12. The fourth-order valence-corrected chi connectivity index (χ4v) is 5.61. The van der Waals surface area contributed by atoms with E-state index in [1.165, 1.54) is 23.4 Å². The monoisotopic (exact) mass is 406 g/mol. The Kier molecular flexibility index (Phi) is 5.37. The lowest BCUT2D eigenvalue weighted by Gasteiger charge is -2.42. The van der Waals surface area contributed by atoms with Crippen LogP contribution in [-0.4, -0.2) is 94.2 Å². The highest BCUT2D eigenvalue weighted by Gasteiger charge is 2.30. The summed E-state index contributed by atoms with van der Waals surface area (Å²) < 4.78 is 25.4. The fraction of sp³-hybridized carbons (Fsp3) is 0.650. The lowest BCUT2D eigenvalue weighted by Crippen LogP contribution is -2.54. The smallest absolute Gasteiger partial charge is 0.254 e. The highest BCUT2D eigenvalue weighted by Crippen LogP contribution is 2.31. The number of carbonyl (C=O) groups is 1. The number of likely N-dealkylation sites (tertiary alicyclic amines) is 1. The van der Waals surface area contributed by atoms with E-state index in [1.807, 2.05) is 17.0 Å². The van der Waals surface area contributed by atoms with Gasteiger partial charge in [0.05, 0.1) is 11.9 Å². The summed E-state index contributed by atoms with van der Waals surface area (Å²) in [6.45, 7) is 6.06. The number of sulfonamides is 1. The number of hydrogen-bond donors (Lipinski definition) is 0. The third-order valence-corrected chi connectivity index (χ3v) is 7.57. The Hall–Kier alpha value is -1.64. The van der Waals surface area contributed by atoms with Crippen molar-refractivity contribution in [2.45, 2.75) is 25.3 Å². The van der Waals surface area contributed by atoms with Crippen molar-refractivity contribution in [3.8, 4) is 0 Å². The van der Waals surface area contributed by atoms with E-state index in [0.29, 0.717) is 30.3 Å². The molecule has 4 rings (SSSR count). The minimum Gasteiger partial charge on any atom is -0.336 e. The number of amides is 1. The van der Waals surface area contributed by atoms with Crippen LogP contribution in [0.2, 0.25) is 0 Å². The molecule has 3 aliphatic heterocycles. The maximum absolute atomic E-state index is 13.0. The first-order chi connectivity index (χ1) is 13.3. The molecule has 0 saturated carbocycles. The molecule has 1 amide bonds. The van der Waals surface area contributed by atoms with E-state index in [2.05, 4.69) is 16.8 Å². The standard InChI is InChI=1S/C20H30N4O3S/c1-21-8-6-18(7-9-21)22-11-13-23(14-12-22)20(25)17-4-3-16-5-10-24(19(16)15-17)28(2,26)27/h3-4,15,18H,5-14H2,1-2H3. The molecule has 3 aliphatic rings. The number of piperidine rings is 1. The van der Waals surface area contributed by atoms with Crippen LogP contribution < -0.4 is 4.31 Å². The van der Waals surface area contributed by atoms with Crippen molar-refractivity contribution >= 4 is 21.6 Å². The first-order valence-electron chi connectivity index (χ1n) is 10.2. The van der Waals surface area contributed by atoms with Crippen LogP contribution in [0.1, 0.15) is 28.8 Å². The third kappa shape index (κ3) is 3.90. The van der Waals surface area contributed by atoms with Gasteiger partial charge in [-0.25, -0.2) is 8.42 Å². The van der Waals surface area contributed by atoms with Gasteiger partial charge in [-0.1, -0.05) is 6.07 Å². The molecule has 0 N–H and O–H groups in total. The van der Waals surface area contributed by atoms with Gasteiger partial charge in [-0.05, 0) is 57.1 Å². The van der Waals surface area contributed by atoms with Gasteiger partial charge in [-0.2, -0.15) is 0 Å². The number of fused-ring (bicyclic) bond motifs is 1. The number of anilines is 1. The Balaban J connectivity index is 1.41. The predicted octanol–water partition coefficient (Wildman–Crippen LogP) is 0.861. The van der Waals surface area contributed by atoms with Gasteiger partial charge in [0.25, 0.3) is 5.91 Å². The Bertz CT molecular complexity index is 841. The van der Waals surface area contributed by atoms with Gasteiger partial charge in [0, 0.05) is 44.3 Å². The maximum atomic E-state index is 13.0. The van der Waals surface area contributed by atoms with Gasteiger partial charge in [0.2, 0.25) is 10.0 Å². The van der Waals surface area contributed by atoms with Crippen molar-refractivity contribution in [1.82, 2.24) is 14.7 Å². The van der Waals surface area contributed by atoms with E-state index in [1.54, 1.807) is 6.07 Å². The van der Waals surface area contributed by atoms with Crippen molar-refractivity contribution < 1.29 is 13.2 Å². The Morgan fingerprint density at radius 1 is 1.00 bits per heavy atom. The predicted molar refractivity (Wildman–Crippen MR) is 110 cm³/mol. The molecular weight excluding hydrogens is 376 g/mol. The summed E-state index contributed by atoms with van der Waals surface area (Å²) in [4.78, 5) is 19.8. The van der Waals surface area contributed by atoms with Gasteiger partial charge in [0.1, 0.15) is 0 Å². The van der Waals surface area contributed by atoms with E-state index in [9.17, 15) is 13.2 Å². The number of rotatable bonds is 3. The van der Waals surface area contributed by atoms with E-state index in [-0.39, 0.29) is 5.91 Å². The van der Waals surface area contributed by atoms with Crippen molar-refractivity contribution in [3.05, 3.63) is 29.3 Å². The molecule has 3 heterocycles. The first kappa shape index (κ1) is 19.7. The second kappa shape index (κ2) is 7.65. The molecule has 1 aromatic rings. The van der Waals surface area contributed by atoms with Gasteiger partial charge in [-0.3, -0.25) is 14.0 Å². The SMILES string of the molecule is CN1CCC(N2CCN(C(=O)c3ccc4c(c3)N(S(C)(=O)=O)CC4)CC2)CC1. The Labute approximate surface area is 167 Å². The van der Waals surface area contributed by atoms with E-state index < -0.39 is 10.0 Å². The molecule has 28 heavy (non-hydrogen) atoms. The second-order valence-electron chi connectivity index (χ2n) is 8.29. The summed E-state index contributed by atoms with van der Waals surface area (Å²) in [6.07, 6.45) is 4.33. The number of nitrogens with zero attached hydrogens (tertiary/aromatic N) is 4. The molecule has 2 saturated heterocycles. The minimum atomic E-state index is -3.31. The molecule has 154 valence electrons. The average molecular weight is 407 g/mol. The summed E-state index contributed by atoms with van der Waals surface area (Å²) >= 11 is 0. The van der Waals surface area contributed by atoms with E-state index in [0.717, 1.165) is 44.8 Å². The van der Waals surface area contributed by atoms with Crippen LogP contribution in [0.25, 0.3) is 0 Å². The van der Waals surface area contributed by atoms with Crippen LogP contribution in [0, 0.1) is 0 Å². The van der Waals surface area contributed by atoms with Crippen molar-refractivity contribution in [3.63, 3.8) is 0 Å². The number of benzene rings is 1. The zero-order chi connectivity index (χ0) is 19.9. The highest BCUT2D eigenvalue weighted by atomic mass is 32.2. The van der Waals surface area contributed by atoms with Crippen molar-refractivity contribution in [2.24, 2.45) is 0 Å². The summed E-state index contributed by atoms with van der Waals surface area (Å²) in [7, 11) is -1.13. The van der Waals surface area contributed by atoms with Gasteiger partial charge >= 0.3 is 0 Å². The van der Waals surface area contributed by atoms with Gasteiger partial charge in [-0.15, -0.1) is 0 Å². The molecule has 0 radical (unpaired) electrons. The summed E-state index contributed by atoms with van der Waals surface area (Å²) in [5.74, 6) is 0.00572. The zero-order valence-corrected chi connectivity index (χ0v) is 17.6. The Morgan fingerprint density at radius 3 is 2.32 bits per heavy atom. The number of carbonyl (C=O) groups excluding carboxylic acids is 1. The first-order valence-corrected chi connectivity index (χ1v) is 12.0. The zero-order valence-electron chi connectivity index (χ0n) is 16.8. The molecular formula is C20H30N4O3S. The minimum absolute atomic E-state index is 0.00572. The summed E-state index contributed by atoms with van der Waals surface area (Å²) in [5, 5.41) is 0. The fourth-order valence-electron chi connectivity index (χ4n) is 4.66. The molecule has 0 aromatic heterocycles. The van der Waals surface area contributed by atoms with E-state index >= 15 is 0 Å². The van der Waals surface area contributed by atoms with Crippen LogP contribution >= 0.6 is 0 Å². The largest absolute Gasteiger partial charge is 0.336 e. The van der Waals surface area contributed by atoms with Gasteiger partial charge < -0.3 is 9.80 Å². The molecule has 0 aliphatic carbocycles. The lowest BCUT2D eigenvalue weighted by molar-refractivity contribution is 0.0475. The molecule has 8 heteroatoms. The normalized spacial score (nSPS) is 22.5. The van der Waals surface area contributed by atoms with Crippen molar-refractivity contribution in [1.29, 1.82) is 0 Å². The van der Waals surface area contributed by atoms with Gasteiger partial charge in [0.15, 0.2) is 0 Å². The molecule has 0 unspecified atom stereocenters. The number of piperazine rings is 1. The summed E-state index contributed by atoms with van der Waals surface area (Å²) in [5.41, 5.74) is 2.24. The van der Waals surface area contributed by atoms with Crippen LogP contribution in [0.15, 0.2) is 18.2 Å². The van der Waals surface area contributed by atoms with Crippen LogP contribution in [-0.2, 0) is 16.4 Å². The molecule has 2 fully saturated rings. The second-order valence-corrected chi connectivity index (χ2v) is 10.2. The number of hydrogen-bond acceptors (Lipinski definition) is 5.